The lowest BCUT2D eigenvalue weighted by molar-refractivity contribution is 1.52. The van der Waals surface area contributed by atoms with Crippen LogP contribution in [0.5, 0.6) is 0 Å². The van der Waals surface area contributed by atoms with Crippen molar-refractivity contribution in [1.82, 2.24) is 0 Å². The number of thiophene rings is 1. The molecule has 1 aromatic heterocycles. The fraction of sp³-hybridized carbons (Fsp3) is 0. The molecule has 0 saturated heterocycles. The Bertz CT molecular complexity index is 335. The molecule has 1 aromatic rings. The smallest absolute Gasteiger partial charge is 0.101 e. The third kappa shape index (κ3) is 1.67. The van der Waals surface area contributed by atoms with Gasteiger partial charge in [0.15, 0.2) is 0 Å². The van der Waals surface area contributed by atoms with E-state index in [9.17, 15) is 0 Å². The molecule has 0 aliphatic carbocycles. The van der Waals surface area contributed by atoms with Gasteiger partial charge in [0.2, 0.25) is 0 Å². The predicted octanol–water partition coefficient (Wildman–Crippen LogP) is 2.18. The number of hydrogen-bond acceptors (Lipinski definition) is 3. The van der Waals surface area contributed by atoms with Crippen LogP contribution in [-0.4, -0.2) is 0 Å². The van der Waals surface area contributed by atoms with E-state index in [1.165, 1.54) is 17.4 Å². The van der Waals surface area contributed by atoms with Crippen molar-refractivity contribution in [2.24, 2.45) is 0 Å². The number of nitriles is 2. The molecule has 3 heteroatoms. The van der Waals surface area contributed by atoms with E-state index in [0.717, 1.165) is 4.88 Å². The van der Waals surface area contributed by atoms with Crippen molar-refractivity contribution < 1.29 is 0 Å². The SMILES string of the molecule is N#C/C=C(\C#N)c1cccs1. The quantitative estimate of drug-likeness (QED) is 0.591. The van der Waals surface area contributed by atoms with Crippen molar-refractivity contribution in [1.29, 1.82) is 10.5 Å². The second-order valence-electron chi connectivity index (χ2n) is 1.78. The van der Waals surface area contributed by atoms with E-state index in [1.54, 1.807) is 0 Å². The Hall–Kier alpha value is -1.58. The molecule has 0 aliphatic rings. The van der Waals surface area contributed by atoms with Gasteiger partial charge in [0.05, 0.1) is 11.6 Å². The molecule has 0 spiro atoms. The fourth-order valence-corrected chi connectivity index (χ4v) is 1.35. The van der Waals surface area contributed by atoms with Gasteiger partial charge in [-0.15, -0.1) is 11.3 Å². The van der Waals surface area contributed by atoms with Gasteiger partial charge in [0.1, 0.15) is 6.07 Å². The maximum atomic E-state index is 8.57. The molecule has 0 N–H and O–H groups in total. The van der Waals surface area contributed by atoms with Crippen molar-refractivity contribution in [2.45, 2.75) is 0 Å². The Labute approximate surface area is 68.6 Å². The van der Waals surface area contributed by atoms with Gasteiger partial charge in [-0.25, -0.2) is 0 Å². The lowest BCUT2D eigenvalue weighted by atomic mass is 10.2. The predicted molar refractivity (Wildman–Crippen MR) is 43.5 cm³/mol. The molecule has 0 radical (unpaired) electrons. The average Bonchev–Trinajstić information content (AvgIpc) is 2.52. The fourth-order valence-electron chi connectivity index (χ4n) is 0.655. The molecule has 0 amide bonds. The summed E-state index contributed by atoms with van der Waals surface area (Å²) in [5.41, 5.74) is 0.433. The zero-order valence-electron chi connectivity index (χ0n) is 5.61. The molecule has 0 saturated carbocycles. The first kappa shape index (κ1) is 7.53. The Morgan fingerprint density at radius 3 is 2.82 bits per heavy atom. The summed E-state index contributed by atoms with van der Waals surface area (Å²) in [5.74, 6) is 0. The van der Waals surface area contributed by atoms with Gasteiger partial charge < -0.3 is 0 Å². The topological polar surface area (TPSA) is 47.6 Å². The Kier molecular flexibility index (Phi) is 2.43. The van der Waals surface area contributed by atoms with Crippen molar-refractivity contribution in [2.75, 3.05) is 0 Å². The van der Waals surface area contributed by atoms with Crippen LogP contribution in [0.2, 0.25) is 0 Å². The van der Waals surface area contributed by atoms with Crippen molar-refractivity contribution in [3.63, 3.8) is 0 Å². The number of hydrogen-bond donors (Lipinski definition) is 0. The van der Waals surface area contributed by atoms with Crippen LogP contribution >= 0.6 is 11.3 Å². The minimum atomic E-state index is 0.433. The highest BCUT2D eigenvalue weighted by Crippen LogP contribution is 2.18. The second kappa shape index (κ2) is 3.55. The Morgan fingerprint density at radius 1 is 1.55 bits per heavy atom. The van der Waals surface area contributed by atoms with E-state index in [-0.39, 0.29) is 0 Å². The van der Waals surface area contributed by atoms with Crippen molar-refractivity contribution >= 4 is 16.9 Å². The van der Waals surface area contributed by atoms with Crippen LogP contribution in [0.3, 0.4) is 0 Å². The zero-order valence-corrected chi connectivity index (χ0v) is 6.43. The van der Waals surface area contributed by atoms with Crippen LogP contribution in [0.1, 0.15) is 4.88 Å². The molecule has 0 fully saturated rings. The normalized spacial score (nSPS) is 10.2. The summed E-state index contributed by atoms with van der Waals surface area (Å²) < 4.78 is 0. The van der Waals surface area contributed by atoms with E-state index in [2.05, 4.69) is 0 Å². The van der Waals surface area contributed by atoms with Gasteiger partial charge in [-0.05, 0) is 11.4 Å². The van der Waals surface area contributed by atoms with Gasteiger partial charge in [0, 0.05) is 11.0 Å². The standard InChI is InChI=1S/C8H4N2S/c9-4-3-7(6-10)8-2-1-5-11-8/h1-3,5H/b7-3+. The highest BCUT2D eigenvalue weighted by molar-refractivity contribution is 7.11. The maximum absolute atomic E-state index is 8.57. The molecule has 2 nitrogen and oxygen atoms in total. The van der Waals surface area contributed by atoms with E-state index < -0.39 is 0 Å². The van der Waals surface area contributed by atoms with Gasteiger partial charge >= 0.3 is 0 Å². The summed E-state index contributed by atoms with van der Waals surface area (Å²) in [6.45, 7) is 0. The number of allylic oxidation sites excluding steroid dienone is 2. The van der Waals surface area contributed by atoms with Crippen molar-refractivity contribution in [3.05, 3.63) is 28.5 Å². The summed E-state index contributed by atoms with van der Waals surface area (Å²) in [4.78, 5) is 0.842. The molecule has 0 atom stereocenters. The van der Waals surface area contributed by atoms with Crippen LogP contribution in [0.15, 0.2) is 23.6 Å². The summed E-state index contributed by atoms with van der Waals surface area (Å²) in [6, 6.07) is 7.45. The van der Waals surface area contributed by atoms with Gasteiger partial charge in [-0.1, -0.05) is 6.07 Å². The Balaban J connectivity index is 3.03. The van der Waals surface area contributed by atoms with Crippen LogP contribution < -0.4 is 0 Å². The monoisotopic (exact) mass is 160 g/mol. The third-order valence-corrected chi connectivity index (χ3v) is 2.02. The molecule has 0 aromatic carbocycles. The first-order valence-electron chi connectivity index (χ1n) is 2.92. The minimum Gasteiger partial charge on any atom is -0.193 e. The van der Waals surface area contributed by atoms with Crippen LogP contribution in [0, 0.1) is 22.7 Å². The highest BCUT2D eigenvalue weighted by Gasteiger charge is 1.98. The lowest BCUT2D eigenvalue weighted by Crippen LogP contribution is -1.71. The van der Waals surface area contributed by atoms with E-state index in [4.69, 9.17) is 10.5 Å². The summed E-state index contributed by atoms with van der Waals surface area (Å²) in [5, 5.41) is 18.7. The van der Waals surface area contributed by atoms with Gasteiger partial charge in [-0.3, -0.25) is 0 Å². The lowest BCUT2D eigenvalue weighted by Gasteiger charge is -1.85. The van der Waals surface area contributed by atoms with Crippen LogP contribution in [0.4, 0.5) is 0 Å². The number of rotatable bonds is 1. The second-order valence-corrected chi connectivity index (χ2v) is 2.72. The first-order valence-corrected chi connectivity index (χ1v) is 3.80. The number of nitrogens with zero attached hydrogens (tertiary/aromatic N) is 2. The molecule has 52 valence electrons. The van der Waals surface area contributed by atoms with Crippen LogP contribution in [0.25, 0.3) is 5.57 Å². The summed E-state index contributed by atoms with van der Waals surface area (Å²) in [6.07, 6.45) is 1.26. The molecule has 0 unspecified atom stereocenters. The van der Waals surface area contributed by atoms with E-state index >= 15 is 0 Å². The summed E-state index contributed by atoms with van der Waals surface area (Å²) in [7, 11) is 0. The third-order valence-electron chi connectivity index (χ3n) is 1.12. The van der Waals surface area contributed by atoms with Crippen LogP contribution in [-0.2, 0) is 0 Å². The van der Waals surface area contributed by atoms with E-state index in [0.29, 0.717) is 5.57 Å². The first-order chi connectivity index (χ1) is 5.38. The molecule has 1 rings (SSSR count). The van der Waals surface area contributed by atoms with Gasteiger partial charge in [-0.2, -0.15) is 10.5 Å². The average molecular weight is 160 g/mol. The summed E-state index contributed by atoms with van der Waals surface area (Å²) >= 11 is 1.45. The van der Waals surface area contributed by atoms with Crippen molar-refractivity contribution in [3.8, 4) is 12.1 Å². The zero-order chi connectivity index (χ0) is 8.10. The molecule has 0 bridgehead atoms. The Morgan fingerprint density at radius 2 is 2.36 bits per heavy atom. The van der Waals surface area contributed by atoms with Gasteiger partial charge in [0.25, 0.3) is 0 Å². The molecule has 0 aliphatic heterocycles. The maximum Gasteiger partial charge on any atom is 0.101 e. The molecule has 1 heterocycles. The molecular weight excluding hydrogens is 156 g/mol. The minimum absolute atomic E-state index is 0.433. The molecule has 11 heavy (non-hydrogen) atoms. The highest BCUT2D eigenvalue weighted by atomic mass is 32.1. The van der Waals surface area contributed by atoms with E-state index in [1.807, 2.05) is 29.7 Å². The largest absolute Gasteiger partial charge is 0.193 e. The molecular formula is C8H4N2S.